The van der Waals surface area contributed by atoms with Crippen LogP contribution >= 0.6 is 0 Å². The van der Waals surface area contributed by atoms with Crippen LogP contribution in [0.3, 0.4) is 0 Å². The summed E-state index contributed by atoms with van der Waals surface area (Å²) in [7, 11) is 0. The average molecular weight is 1000 g/mol. The number of unbranched alkanes of at least 4 members (excludes halogenated alkanes) is 33. The van der Waals surface area contributed by atoms with Crippen LogP contribution in [0.4, 0.5) is 0 Å². The fraction of sp³-hybridized carbons (Fsp3) is 0.947. The minimum Gasteiger partial charge on any atom is -0.481 e. The first-order valence-corrected chi connectivity index (χ1v) is 27.9. The van der Waals surface area contributed by atoms with Crippen LogP contribution in [0.25, 0.3) is 0 Å². The molecule has 0 unspecified atom stereocenters. The number of aliphatic hydroxyl groups excluding tert-OH is 1. The van der Waals surface area contributed by atoms with Gasteiger partial charge in [-0.3, -0.25) is 14.4 Å². The SMILES string of the molecule is CC(C)CCCCCCCCCCCCCCC(=O)O.CC(C)CCCCCCCCCCCCCCC(=O)O.CC(C)CCCCCCCCCCCCCCC(=O)O.CC(C)O.[Zr]. The predicted octanol–water partition coefficient (Wildman–Crippen LogP) is 18.9. The van der Waals surface area contributed by atoms with Gasteiger partial charge in [0, 0.05) is 51.6 Å². The number of carboxylic acids is 3. The third-order valence-electron chi connectivity index (χ3n) is 11.8. The van der Waals surface area contributed by atoms with Crippen LogP contribution in [0.15, 0.2) is 0 Å². The zero-order valence-corrected chi connectivity index (χ0v) is 47.5. The summed E-state index contributed by atoms with van der Waals surface area (Å²) >= 11 is 0. The number of carbonyl (C=O) groups is 3. The smallest absolute Gasteiger partial charge is 0.303 e. The molecule has 0 aliphatic carbocycles. The van der Waals surface area contributed by atoms with Crippen LogP contribution in [-0.2, 0) is 40.6 Å². The van der Waals surface area contributed by atoms with Crippen molar-refractivity contribution in [2.45, 2.75) is 331 Å². The summed E-state index contributed by atoms with van der Waals surface area (Å²) in [5, 5.41) is 33.6. The molecule has 8 heteroatoms. The Bertz CT molecular complexity index is 796. The minimum absolute atomic E-state index is 0. The van der Waals surface area contributed by atoms with Gasteiger partial charge in [0.05, 0.1) is 0 Å². The largest absolute Gasteiger partial charge is 0.481 e. The summed E-state index contributed by atoms with van der Waals surface area (Å²) in [4.78, 5) is 31.0. The fourth-order valence-corrected chi connectivity index (χ4v) is 7.79. The van der Waals surface area contributed by atoms with Crippen LogP contribution in [0.1, 0.15) is 325 Å². The van der Waals surface area contributed by atoms with Gasteiger partial charge in [-0.1, -0.05) is 273 Å². The van der Waals surface area contributed by atoms with Gasteiger partial charge < -0.3 is 20.4 Å². The molecule has 0 aromatic heterocycles. The quantitative estimate of drug-likeness (QED) is 0.0447. The van der Waals surface area contributed by atoms with Crippen LogP contribution in [-0.4, -0.2) is 44.4 Å². The monoisotopic (exact) mass is 1000 g/mol. The van der Waals surface area contributed by atoms with E-state index in [0.29, 0.717) is 19.3 Å². The summed E-state index contributed by atoms with van der Waals surface area (Å²) in [6, 6.07) is 0. The molecule has 0 fully saturated rings. The Kier molecular flexibility index (Phi) is 71.3. The van der Waals surface area contributed by atoms with Crippen molar-refractivity contribution < 1.29 is 61.0 Å². The van der Waals surface area contributed by atoms with Crippen molar-refractivity contribution in [3.63, 3.8) is 0 Å². The maximum atomic E-state index is 10.3. The van der Waals surface area contributed by atoms with Crippen molar-refractivity contribution in [2.24, 2.45) is 17.8 Å². The Morgan fingerprint density at radius 3 is 0.477 bits per heavy atom. The molecule has 0 saturated heterocycles. The molecule has 0 aromatic rings. The van der Waals surface area contributed by atoms with Crippen molar-refractivity contribution in [1.82, 2.24) is 0 Å². The zero-order valence-electron chi connectivity index (χ0n) is 45.0. The van der Waals surface area contributed by atoms with E-state index in [1.54, 1.807) is 13.8 Å². The number of rotatable bonds is 45. The first kappa shape index (κ1) is 73.2. The Balaban J connectivity index is -0.000000263. The second kappa shape index (κ2) is 63.3. The molecule has 0 spiro atoms. The average Bonchev–Trinajstić information content (AvgIpc) is 3.21. The molecular weight excluding hydrogens is 888 g/mol. The first-order chi connectivity index (χ1) is 30.6. The Morgan fingerprint density at radius 2 is 0.369 bits per heavy atom. The van der Waals surface area contributed by atoms with E-state index < -0.39 is 17.9 Å². The molecule has 7 nitrogen and oxygen atoms in total. The van der Waals surface area contributed by atoms with Crippen molar-refractivity contribution in [3.8, 4) is 0 Å². The van der Waals surface area contributed by atoms with Gasteiger partial charge in [-0.2, -0.15) is 0 Å². The van der Waals surface area contributed by atoms with Gasteiger partial charge in [0.25, 0.3) is 0 Å². The molecule has 0 rings (SSSR count). The molecule has 0 radical (unpaired) electrons. The van der Waals surface area contributed by atoms with Gasteiger partial charge in [-0.15, -0.1) is 0 Å². The van der Waals surface area contributed by atoms with Gasteiger partial charge in [0.15, 0.2) is 0 Å². The number of aliphatic carboxylic acids is 3. The molecule has 0 saturated carbocycles. The number of hydrogen-bond donors (Lipinski definition) is 4. The third-order valence-corrected chi connectivity index (χ3v) is 11.8. The zero-order chi connectivity index (χ0) is 48.7. The van der Waals surface area contributed by atoms with E-state index in [1.165, 1.54) is 212 Å². The van der Waals surface area contributed by atoms with E-state index in [-0.39, 0.29) is 32.3 Å². The van der Waals surface area contributed by atoms with Crippen molar-refractivity contribution in [3.05, 3.63) is 0 Å². The van der Waals surface area contributed by atoms with E-state index >= 15 is 0 Å². The molecule has 390 valence electrons. The number of hydrogen-bond acceptors (Lipinski definition) is 4. The van der Waals surface area contributed by atoms with E-state index in [2.05, 4.69) is 41.5 Å². The normalized spacial score (nSPS) is 10.8. The molecule has 0 bridgehead atoms. The van der Waals surface area contributed by atoms with Crippen LogP contribution in [0, 0.1) is 17.8 Å². The maximum Gasteiger partial charge on any atom is 0.303 e. The summed E-state index contributed by atoms with van der Waals surface area (Å²) < 4.78 is 0. The Morgan fingerprint density at radius 1 is 0.262 bits per heavy atom. The molecule has 0 heterocycles. The molecule has 0 aliphatic heterocycles. The topological polar surface area (TPSA) is 132 Å². The van der Waals surface area contributed by atoms with Gasteiger partial charge >= 0.3 is 17.9 Å². The third kappa shape index (κ3) is 94.0. The van der Waals surface area contributed by atoms with Crippen molar-refractivity contribution >= 4 is 17.9 Å². The van der Waals surface area contributed by atoms with E-state index in [1.807, 2.05) is 0 Å². The molecule has 0 aromatic carbocycles. The van der Waals surface area contributed by atoms with E-state index in [4.69, 9.17) is 20.4 Å². The van der Waals surface area contributed by atoms with Crippen molar-refractivity contribution in [2.75, 3.05) is 0 Å². The molecule has 0 atom stereocenters. The maximum absolute atomic E-state index is 10.3. The summed E-state index contributed by atoms with van der Waals surface area (Å²) in [6.07, 6.45) is 51.8. The molecule has 0 amide bonds. The van der Waals surface area contributed by atoms with Crippen LogP contribution in [0.2, 0.25) is 0 Å². The standard InChI is InChI=1S/3C18H36O2.C3H8O.Zr/c3*1-17(2)15-13-11-9-7-5-3-4-6-8-10-12-14-16-18(19)20;1-3(2)4;/h3*17H,3-16H2,1-2H3,(H,19,20);3-4H,1-2H3;. The first-order valence-electron chi connectivity index (χ1n) is 27.9. The molecule has 65 heavy (non-hydrogen) atoms. The summed E-state index contributed by atoms with van der Waals surface area (Å²) in [5.74, 6) is 0.636. The van der Waals surface area contributed by atoms with E-state index in [0.717, 1.165) is 56.3 Å². The van der Waals surface area contributed by atoms with Gasteiger partial charge in [0.2, 0.25) is 0 Å². The molecular formula is C57H116O7Zr. The van der Waals surface area contributed by atoms with Crippen LogP contribution in [0.5, 0.6) is 0 Å². The molecule has 4 N–H and O–H groups in total. The summed E-state index contributed by atoms with van der Waals surface area (Å²) in [6.45, 7) is 17.3. The molecule has 0 aliphatic rings. The second-order valence-electron chi connectivity index (χ2n) is 20.8. The van der Waals surface area contributed by atoms with Crippen molar-refractivity contribution in [1.29, 1.82) is 0 Å². The van der Waals surface area contributed by atoms with E-state index in [9.17, 15) is 14.4 Å². The van der Waals surface area contributed by atoms with Crippen LogP contribution < -0.4 is 0 Å². The van der Waals surface area contributed by atoms with Gasteiger partial charge in [0.1, 0.15) is 0 Å². The second-order valence-corrected chi connectivity index (χ2v) is 20.8. The van der Waals surface area contributed by atoms with Gasteiger partial charge in [-0.05, 0) is 50.9 Å². The van der Waals surface area contributed by atoms with Gasteiger partial charge in [-0.25, -0.2) is 0 Å². The Hall–Kier alpha value is -0.747. The number of carboxylic acid groups (broad SMARTS) is 3. The minimum atomic E-state index is -0.654. The fourth-order valence-electron chi connectivity index (χ4n) is 7.79. The Labute approximate surface area is 425 Å². The number of aliphatic hydroxyl groups is 1. The predicted molar refractivity (Wildman–Crippen MR) is 279 cm³/mol. The summed E-state index contributed by atoms with van der Waals surface area (Å²) in [5.41, 5.74) is 0.